The van der Waals surface area contributed by atoms with Gasteiger partial charge < -0.3 is 0 Å². The lowest BCUT2D eigenvalue weighted by molar-refractivity contribution is -0.118. The van der Waals surface area contributed by atoms with E-state index < -0.39 is 0 Å². The third kappa shape index (κ3) is 2.91. The molecule has 1 aliphatic rings. The van der Waals surface area contributed by atoms with Crippen LogP contribution in [0.25, 0.3) is 0 Å². The van der Waals surface area contributed by atoms with Gasteiger partial charge >= 0.3 is 0 Å². The van der Waals surface area contributed by atoms with Crippen LogP contribution in [-0.2, 0) is 11.2 Å². The molecule has 0 aromatic carbocycles. The average Bonchev–Trinajstić information content (AvgIpc) is 2.88. The van der Waals surface area contributed by atoms with Crippen LogP contribution in [0.15, 0.2) is 5.38 Å². The molecule has 1 aromatic heterocycles. The van der Waals surface area contributed by atoms with E-state index in [1.54, 1.807) is 11.3 Å². The van der Waals surface area contributed by atoms with Crippen LogP contribution in [0.3, 0.4) is 0 Å². The molecule has 1 aliphatic carbocycles. The minimum Gasteiger partial charge on any atom is -0.299 e. The van der Waals surface area contributed by atoms with E-state index in [2.05, 4.69) is 4.98 Å². The van der Waals surface area contributed by atoms with Gasteiger partial charge in [0.05, 0.1) is 6.42 Å². The van der Waals surface area contributed by atoms with Crippen molar-refractivity contribution in [3.63, 3.8) is 0 Å². The lowest BCUT2D eigenvalue weighted by Gasteiger charge is -1.96. The van der Waals surface area contributed by atoms with Crippen LogP contribution in [0.4, 0.5) is 0 Å². The molecule has 3 heteroatoms. The minimum absolute atomic E-state index is 0.353. The highest BCUT2D eigenvalue weighted by Crippen LogP contribution is 2.33. The highest BCUT2D eigenvalue weighted by molar-refractivity contribution is 7.09. The molecule has 1 saturated carbocycles. The summed E-state index contributed by atoms with van der Waals surface area (Å²) in [5.41, 5.74) is 1.03. The van der Waals surface area contributed by atoms with Gasteiger partial charge in [-0.25, -0.2) is 4.98 Å². The number of Topliss-reactive ketones (excluding diaryl/α,β-unsaturated/α-hetero) is 1. The Morgan fingerprint density at radius 1 is 1.64 bits per heavy atom. The van der Waals surface area contributed by atoms with E-state index >= 15 is 0 Å². The van der Waals surface area contributed by atoms with Crippen LogP contribution in [0.5, 0.6) is 0 Å². The van der Waals surface area contributed by atoms with Crippen LogP contribution < -0.4 is 0 Å². The van der Waals surface area contributed by atoms with Gasteiger partial charge in [-0.3, -0.25) is 4.79 Å². The van der Waals surface area contributed by atoms with Gasteiger partial charge in [-0.15, -0.1) is 11.3 Å². The first-order chi connectivity index (χ1) is 6.74. The number of thiazole rings is 1. The summed E-state index contributed by atoms with van der Waals surface area (Å²) in [6.45, 7) is 1.97. The molecule has 0 radical (unpaired) electrons. The third-order valence-corrected chi connectivity index (χ3v) is 3.51. The van der Waals surface area contributed by atoms with E-state index in [1.165, 1.54) is 12.8 Å². The molecule has 2 rings (SSSR count). The summed E-state index contributed by atoms with van der Waals surface area (Å²) < 4.78 is 0. The van der Waals surface area contributed by atoms with Crippen molar-refractivity contribution in [3.05, 3.63) is 16.1 Å². The lowest BCUT2D eigenvalue weighted by Crippen LogP contribution is -2.02. The zero-order chi connectivity index (χ0) is 9.97. The Hall–Kier alpha value is -0.700. The van der Waals surface area contributed by atoms with Gasteiger partial charge in [-0.2, -0.15) is 0 Å². The van der Waals surface area contributed by atoms with Gasteiger partial charge in [0.25, 0.3) is 0 Å². The number of carbonyl (C=O) groups is 1. The van der Waals surface area contributed by atoms with E-state index in [0.29, 0.717) is 12.2 Å². The average molecular weight is 209 g/mol. The number of hydrogen-bond acceptors (Lipinski definition) is 3. The fraction of sp³-hybridized carbons (Fsp3) is 0.636. The fourth-order valence-electron chi connectivity index (χ4n) is 1.51. The summed E-state index contributed by atoms with van der Waals surface area (Å²) in [5.74, 6) is 1.21. The Morgan fingerprint density at radius 3 is 3.00 bits per heavy atom. The van der Waals surface area contributed by atoms with Crippen molar-refractivity contribution < 1.29 is 4.79 Å². The molecule has 1 heterocycles. The van der Waals surface area contributed by atoms with Crippen LogP contribution in [-0.4, -0.2) is 10.8 Å². The third-order valence-electron chi connectivity index (χ3n) is 2.54. The number of aryl methyl sites for hydroxylation is 1. The first-order valence-corrected chi connectivity index (χ1v) is 6.04. The standard InChI is InChI=1S/C11H15NOS/c1-8-7-14-11(12-8)6-10(13)5-4-9-2-3-9/h7,9H,2-6H2,1H3. The molecule has 0 unspecified atom stereocenters. The Morgan fingerprint density at radius 2 is 2.43 bits per heavy atom. The van der Waals surface area contributed by atoms with Crippen LogP contribution in [0.1, 0.15) is 36.4 Å². The first kappa shape index (κ1) is 9.84. The molecule has 14 heavy (non-hydrogen) atoms. The van der Waals surface area contributed by atoms with Gasteiger partial charge in [0, 0.05) is 17.5 Å². The van der Waals surface area contributed by atoms with Crippen molar-refractivity contribution in [2.45, 2.75) is 39.0 Å². The normalized spacial score (nSPS) is 15.8. The van der Waals surface area contributed by atoms with Crippen molar-refractivity contribution in [3.8, 4) is 0 Å². The van der Waals surface area contributed by atoms with Crippen molar-refractivity contribution >= 4 is 17.1 Å². The van der Waals surface area contributed by atoms with Crippen molar-refractivity contribution in [1.82, 2.24) is 4.98 Å². The number of hydrogen-bond donors (Lipinski definition) is 0. The molecule has 1 aromatic rings. The van der Waals surface area contributed by atoms with E-state index in [4.69, 9.17) is 0 Å². The molecule has 76 valence electrons. The second-order valence-electron chi connectivity index (χ2n) is 4.08. The summed E-state index contributed by atoms with van der Waals surface area (Å²) in [6, 6.07) is 0. The molecule has 0 spiro atoms. The van der Waals surface area contributed by atoms with Gasteiger partial charge in [-0.05, 0) is 19.3 Å². The highest BCUT2D eigenvalue weighted by atomic mass is 32.1. The van der Waals surface area contributed by atoms with E-state index in [1.807, 2.05) is 12.3 Å². The number of aromatic nitrogens is 1. The lowest BCUT2D eigenvalue weighted by atomic mass is 10.1. The topological polar surface area (TPSA) is 30.0 Å². The second kappa shape index (κ2) is 4.22. The maximum atomic E-state index is 11.5. The van der Waals surface area contributed by atoms with Gasteiger partial charge in [0.15, 0.2) is 0 Å². The van der Waals surface area contributed by atoms with Gasteiger partial charge in [-0.1, -0.05) is 12.8 Å². The molecular formula is C11H15NOS. The monoisotopic (exact) mass is 209 g/mol. The largest absolute Gasteiger partial charge is 0.299 e. The summed E-state index contributed by atoms with van der Waals surface area (Å²) in [5, 5.41) is 2.98. The summed E-state index contributed by atoms with van der Waals surface area (Å²) in [4.78, 5) is 15.8. The smallest absolute Gasteiger partial charge is 0.139 e. The SMILES string of the molecule is Cc1csc(CC(=O)CCC2CC2)n1. The molecule has 0 saturated heterocycles. The number of nitrogens with zero attached hydrogens (tertiary/aromatic N) is 1. The molecule has 0 bridgehead atoms. The number of rotatable bonds is 5. The van der Waals surface area contributed by atoms with E-state index in [-0.39, 0.29) is 0 Å². The number of ketones is 1. The Kier molecular flexibility index (Phi) is 2.96. The van der Waals surface area contributed by atoms with Crippen LogP contribution in [0, 0.1) is 12.8 Å². The molecule has 0 atom stereocenters. The van der Waals surface area contributed by atoms with E-state index in [0.717, 1.165) is 29.5 Å². The summed E-state index contributed by atoms with van der Waals surface area (Å²) >= 11 is 1.60. The maximum Gasteiger partial charge on any atom is 0.139 e. The zero-order valence-corrected chi connectivity index (χ0v) is 9.27. The van der Waals surface area contributed by atoms with Crippen LogP contribution >= 0.6 is 11.3 Å². The second-order valence-corrected chi connectivity index (χ2v) is 5.02. The Labute approximate surface area is 88.4 Å². The van der Waals surface area contributed by atoms with Crippen molar-refractivity contribution in [2.24, 2.45) is 5.92 Å². The first-order valence-electron chi connectivity index (χ1n) is 5.17. The maximum absolute atomic E-state index is 11.5. The molecular weight excluding hydrogens is 194 g/mol. The van der Waals surface area contributed by atoms with E-state index in [9.17, 15) is 4.79 Å². The summed E-state index contributed by atoms with van der Waals surface area (Å²) in [7, 11) is 0. The van der Waals surface area contributed by atoms with Crippen molar-refractivity contribution in [2.75, 3.05) is 0 Å². The van der Waals surface area contributed by atoms with Crippen LogP contribution in [0.2, 0.25) is 0 Å². The molecule has 2 nitrogen and oxygen atoms in total. The predicted molar refractivity (Wildman–Crippen MR) is 57.5 cm³/mol. The molecule has 1 fully saturated rings. The molecule has 0 N–H and O–H groups in total. The predicted octanol–water partition coefficient (Wildman–Crippen LogP) is 2.75. The number of carbonyl (C=O) groups excluding carboxylic acids is 1. The highest BCUT2D eigenvalue weighted by Gasteiger charge is 2.21. The van der Waals surface area contributed by atoms with Crippen molar-refractivity contribution in [1.29, 1.82) is 0 Å². The minimum atomic E-state index is 0.353. The quantitative estimate of drug-likeness (QED) is 0.746. The van der Waals surface area contributed by atoms with Gasteiger partial charge in [0.1, 0.15) is 10.8 Å². The fourth-order valence-corrected chi connectivity index (χ4v) is 2.31. The molecule has 0 amide bonds. The summed E-state index contributed by atoms with van der Waals surface area (Å²) in [6.07, 6.45) is 5.07. The Bertz CT molecular complexity index is 328. The molecule has 0 aliphatic heterocycles. The van der Waals surface area contributed by atoms with Gasteiger partial charge in [0.2, 0.25) is 0 Å². The Balaban J connectivity index is 1.75. The zero-order valence-electron chi connectivity index (χ0n) is 8.45.